The Morgan fingerprint density at radius 3 is 2.44 bits per heavy atom. The second-order valence-electron chi connectivity index (χ2n) is 4.68. The standard InChI is InChI=1S/C17H16F2N2O4/c1-23-13-8-6-11(7-9-13)16(22)21-20-10-12-4-3-5-14(24-2)15(12)25-17(18)19/h3-10,17H,1-2H3,(H,21,22)/b20-10-. The van der Waals surface area contributed by atoms with Crippen LogP contribution in [0.2, 0.25) is 0 Å². The summed E-state index contributed by atoms with van der Waals surface area (Å²) in [6.45, 7) is -3.02. The number of carbonyl (C=O) groups excluding carboxylic acids is 1. The number of hydrazone groups is 1. The van der Waals surface area contributed by atoms with Crippen LogP contribution in [-0.4, -0.2) is 33.0 Å². The molecule has 6 nitrogen and oxygen atoms in total. The molecule has 0 aliphatic carbocycles. The van der Waals surface area contributed by atoms with Crippen molar-refractivity contribution >= 4 is 12.1 Å². The molecular formula is C17H16F2N2O4. The van der Waals surface area contributed by atoms with E-state index in [-0.39, 0.29) is 17.1 Å². The number of alkyl halides is 2. The van der Waals surface area contributed by atoms with Gasteiger partial charge in [0.2, 0.25) is 0 Å². The fraction of sp³-hybridized carbons (Fsp3) is 0.176. The normalized spacial score (nSPS) is 10.8. The number of para-hydroxylation sites is 1. The lowest BCUT2D eigenvalue weighted by molar-refractivity contribution is -0.0513. The van der Waals surface area contributed by atoms with E-state index >= 15 is 0 Å². The number of ether oxygens (including phenoxy) is 3. The number of rotatable bonds is 7. The Hall–Kier alpha value is -3.16. The van der Waals surface area contributed by atoms with Crippen LogP contribution in [0.5, 0.6) is 17.2 Å². The predicted molar refractivity (Wildman–Crippen MR) is 87.7 cm³/mol. The molecule has 0 unspecified atom stereocenters. The van der Waals surface area contributed by atoms with Gasteiger partial charge >= 0.3 is 6.61 Å². The van der Waals surface area contributed by atoms with Gasteiger partial charge in [-0.2, -0.15) is 13.9 Å². The van der Waals surface area contributed by atoms with Crippen LogP contribution in [0.25, 0.3) is 0 Å². The maximum atomic E-state index is 12.5. The molecule has 0 heterocycles. The Morgan fingerprint density at radius 2 is 1.84 bits per heavy atom. The number of nitrogens with one attached hydrogen (secondary N) is 1. The Morgan fingerprint density at radius 1 is 1.12 bits per heavy atom. The van der Waals surface area contributed by atoms with Crippen molar-refractivity contribution in [2.24, 2.45) is 5.10 Å². The van der Waals surface area contributed by atoms with Gasteiger partial charge in [-0.15, -0.1) is 0 Å². The van der Waals surface area contributed by atoms with E-state index in [0.29, 0.717) is 11.3 Å². The van der Waals surface area contributed by atoms with Crippen LogP contribution < -0.4 is 19.6 Å². The molecule has 0 spiro atoms. The number of hydrogen-bond acceptors (Lipinski definition) is 5. The number of hydrogen-bond donors (Lipinski definition) is 1. The Bertz CT molecular complexity index is 749. The zero-order valence-electron chi connectivity index (χ0n) is 13.5. The fourth-order valence-corrected chi connectivity index (χ4v) is 1.98. The SMILES string of the molecule is COc1ccc(C(=O)N/N=C\c2cccc(OC)c2OC(F)F)cc1. The van der Waals surface area contributed by atoms with Crippen molar-refractivity contribution in [3.63, 3.8) is 0 Å². The van der Waals surface area contributed by atoms with Crippen molar-refractivity contribution in [2.75, 3.05) is 14.2 Å². The summed E-state index contributed by atoms with van der Waals surface area (Å²) < 4.78 is 39.5. The molecule has 0 aliphatic heterocycles. The average molecular weight is 350 g/mol. The monoisotopic (exact) mass is 350 g/mol. The van der Waals surface area contributed by atoms with Crippen molar-refractivity contribution in [3.05, 3.63) is 53.6 Å². The second-order valence-corrected chi connectivity index (χ2v) is 4.68. The van der Waals surface area contributed by atoms with Gasteiger partial charge in [0.1, 0.15) is 5.75 Å². The predicted octanol–water partition coefficient (Wildman–Crippen LogP) is 3.07. The number of nitrogens with zero attached hydrogens (tertiary/aromatic N) is 1. The van der Waals surface area contributed by atoms with E-state index in [9.17, 15) is 13.6 Å². The highest BCUT2D eigenvalue weighted by atomic mass is 19.3. The molecule has 25 heavy (non-hydrogen) atoms. The van der Waals surface area contributed by atoms with Gasteiger partial charge in [0.05, 0.1) is 20.4 Å². The van der Waals surface area contributed by atoms with Crippen molar-refractivity contribution < 1.29 is 27.8 Å². The summed E-state index contributed by atoms with van der Waals surface area (Å²) in [5.74, 6) is 0.122. The van der Waals surface area contributed by atoms with E-state index in [1.807, 2.05) is 0 Å². The van der Waals surface area contributed by atoms with Gasteiger partial charge in [-0.3, -0.25) is 4.79 Å². The van der Waals surface area contributed by atoms with E-state index in [1.165, 1.54) is 32.6 Å². The molecule has 8 heteroatoms. The highest BCUT2D eigenvalue weighted by molar-refractivity contribution is 5.95. The zero-order chi connectivity index (χ0) is 18.2. The van der Waals surface area contributed by atoms with Gasteiger partial charge in [-0.25, -0.2) is 5.43 Å². The number of halogens is 2. The van der Waals surface area contributed by atoms with Crippen molar-refractivity contribution in [1.82, 2.24) is 5.43 Å². The van der Waals surface area contributed by atoms with Gasteiger partial charge in [-0.05, 0) is 36.4 Å². The summed E-state index contributed by atoms with van der Waals surface area (Å²) in [6, 6.07) is 11.0. The first-order valence-corrected chi connectivity index (χ1v) is 7.14. The summed E-state index contributed by atoms with van der Waals surface area (Å²) in [5, 5.41) is 3.77. The van der Waals surface area contributed by atoms with E-state index < -0.39 is 12.5 Å². The van der Waals surface area contributed by atoms with Crippen molar-refractivity contribution in [2.45, 2.75) is 6.61 Å². The lowest BCUT2D eigenvalue weighted by Crippen LogP contribution is -2.17. The minimum Gasteiger partial charge on any atom is -0.497 e. The zero-order valence-corrected chi connectivity index (χ0v) is 13.5. The molecule has 0 saturated heterocycles. The summed E-state index contributed by atoms with van der Waals surface area (Å²) in [6.07, 6.45) is 1.20. The maximum Gasteiger partial charge on any atom is 0.387 e. The molecule has 132 valence electrons. The van der Waals surface area contributed by atoms with E-state index in [2.05, 4.69) is 15.3 Å². The first kappa shape index (κ1) is 18.2. The number of benzene rings is 2. The summed E-state index contributed by atoms with van der Waals surface area (Å²) in [7, 11) is 2.85. The molecule has 2 aromatic rings. The maximum absolute atomic E-state index is 12.5. The lowest BCUT2D eigenvalue weighted by atomic mass is 10.2. The molecule has 0 radical (unpaired) electrons. The number of methoxy groups -OCH3 is 2. The molecule has 0 atom stereocenters. The molecule has 0 aliphatic rings. The van der Waals surface area contributed by atoms with Gasteiger partial charge in [0, 0.05) is 11.1 Å². The van der Waals surface area contributed by atoms with Crippen LogP contribution in [0.1, 0.15) is 15.9 Å². The van der Waals surface area contributed by atoms with Crippen molar-refractivity contribution in [3.8, 4) is 17.2 Å². The van der Waals surface area contributed by atoms with Crippen LogP contribution in [0, 0.1) is 0 Å². The van der Waals surface area contributed by atoms with Crippen LogP contribution >= 0.6 is 0 Å². The smallest absolute Gasteiger partial charge is 0.387 e. The van der Waals surface area contributed by atoms with Gasteiger partial charge in [-0.1, -0.05) is 6.07 Å². The lowest BCUT2D eigenvalue weighted by Gasteiger charge is -2.11. The molecule has 0 saturated carbocycles. The van der Waals surface area contributed by atoms with Crippen LogP contribution in [0.15, 0.2) is 47.6 Å². The van der Waals surface area contributed by atoms with Crippen LogP contribution in [0.4, 0.5) is 8.78 Å². The molecule has 2 rings (SSSR count). The molecule has 0 aromatic heterocycles. The average Bonchev–Trinajstić information content (AvgIpc) is 2.62. The van der Waals surface area contributed by atoms with Crippen molar-refractivity contribution in [1.29, 1.82) is 0 Å². The van der Waals surface area contributed by atoms with Gasteiger partial charge in [0.15, 0.2) is 11.5 Å². The third kappa shape index (κ3) is 4.90. The summed E-state index contributed by atoms with van der Waals surface area (Å²) in [5.41, 5.74) is 2.91. The minimum atomic E-state index is -3.02. The number of carbonyl (C=O) groups is 1. The Kier molecular flexibility index (Phi) is 6.27. The molecular weight excluding hydrogens is 334 g/mol. The Labute approximate surface area is 143 Å². The quantitative estimate of drug-likeness (QED) is 0.615. The molecule has 1 N–H and O–H groups in total. The summed E-state index contributed by atoms with van der Waals surface area (Å²) in [4.78, 5) is 12.0. The third-order valence-corrected chi connectivity index (χ3v) is 3.16. The number of amides is 1. The molecule has 1 amide bonds. The first-order chi connectivity index (χ1) is 12.0. The highest BCUT2D eigenvalue weighted by Crippen LogP contribution is 2.31. The second kappa shape index (κ2) is 8.62. The Balaban J connectivity index is 2.11. The third-order valence-electron chi connectivity index (χ3n) is 3.16. The van der Waals surface area contributed by atoms with E-state index in [1.54, 1.807) is 30.3 Å². The topological polar surface area (TPSA) is 69.2 Å². The van der Waals surface area contributed by atoms with Gasteiger partial charge < -0.3 is 14.2 Å². The minimum absolute atomic E-state index is 0.130. The van der Waals surface area contributed by atoms with Crippen LogP contribution in [-0.2, 0) is 0 Å². The van der Waals surface area contributed by atoms with E-state index in [0.717, 1.165) is 0 Å². The first-order valence-electron chi connectivity index (χ1n) is 7.14. The van der Waals surface area contributed by atoms with Gasteiger partial charge in [0.25, 0.3) is 5.91 Å². The molecule has 2 aromatic carbocycles. The highest BCUT2D eigenvalue weighted by Gasteiger charge is 2.14. The van der Waals surface area contributed by atoms with E-state index in [4.69, 9.17) is 9.47 Å². The molecule has 0 fully saturated rings. The fourth-order valence-electron chi connectivity index (χ4n) is 1.98. The van der Waals surface area contributed by atoms with Crippen LogP contribution in [0.3, 0.4) is 0 Å². The summed E-state index contributed by atoms with van der Waals surface area (Å²) >= 11 is 0. The largest absolute Gasteiger partial charge is 0.497 e. The molecule has 0 bridgehead atoms.